The van der Waals surface area contributed by atoms with Crippen LogP contribution in [0.3, 0.4) is 0 Å². The number of hydrogen-bond donors (Lipinski definition) is 0. The Bertz CT molecular complexity index is 274. The molecule has 56 valence electrons. The predicted molar refractivity (Wildman–Crippen MR) is 58.4 cm³/mol. The summed E-state index contributed by atoms with van der Waals surface area (Å²) in [5, 5.41) is 0. The van der Waals surface area contributed by atoms with Crippen molar-refractivity contribution in [1.82, 2.24) is 0 Å². The van der Waals surface area contributed by atoms with Crippen molar-refractivity contribution in [2.75, 3.05) is 0 Å². The monoisotopic (exact) mass is 256 g/mol. The summed E-state index contributed by atoms with van der Waals surface area (Å²) < 4.78 is 1.27. The molecular formula is C10H9I. The van der Waals surface area contributed by atoms with Gasteiger partial charge in [-0.1, -0.05) is 43.0 Å². The third-order valence-corrected chi connectivity index (χ3v) is 2.30. The molecule has 0 unspecified atom stereocenters. The first-order valence-corrected chi connectivity index (χ1v) is 4.46. The van der Waals surface area contributed by atoms with Gasteiger partial charge in [0.1, 0.15) is 0 Å². The fourth-order valence-electron chi connectivity index (χ4n) is 0.782. The second-order valence-electron chi connectivity index (χ2n) is 2.12. The van der Waals surface area contributed by atoms with Gasteiger partial charge in [-0.2, -0.15) is 0 Å². The average molecular weight is 256 g/mol. The standard InChI is InChI=1S/C10H9I/c1-2-3-6-9-7-4-5-8-10(9)11/h2-8H,1H2/b6-3-. The highest BCUT2D eigenvalue weighted by molar-refractivity contribution is 14.1. The third kappa shape index (κ3) is 2.50. The zero-order valence-electron chi connectivity index (χ0n) is 6.13. The van der Waals surface area contributed by atoms with Crippen LogP contribution < -0.4 is 0 Å². The van der Waals surface area contributed by atoms with E-state index in [0.717, 1.165) is 0 Å². The molecule has 0 saturated carbocycles. The molecule has 0 nitrogen and oxygen atoms in total. The summed E-state index contributed by atoms with van der Waals surface area (Å²) in [4.78, 5) is 0. The van der Waals surface area contributed by atoms with Crippen molar-refractivity contribution < 1.29 is 0 Å². The summed E-state index contributed by atoms with van der Waals surface area (Å²) in [7, 11) is 0. The van der Waals surface area contributed by atoms with Gasteiger partial charge >= 0.3 is 0 Å². The Balaban J connectivity index is 2.94. The first kappa shape index (κ1) is 8.53. The molecule has 0 aliphatic carbocycles. The molecule has 1 aromatic rings. The molecule has 0 aliphatic heterocycles. The van der Waals surface area contributed by atoms with E-state index in [1.54, 1.807) is 6.08 Å². The highest BCUT2D eigenvalue weighted by Gasteiger charge is 1.90. The van der Waals surface area contributed by atoms with Gasteiger partial charge in [0, 0.05) is 3.57 Å². The number of benzene rings is 1. The molecule has 0 amide bonds. The van der Waals surface area contributed by atoms with Gasteiger partial charge in [0.05, 0.1) is 0 Å². The fraction of sp³-hybridized carbons (Fsp3) is 0. The lowest BCUT2D eigenvalue weighted by molar-refractivity contribution is 1.60. The van der Waals surface area contributed by atoms with E-state index in [1.807, 2.05) is 18.2 Å². The maximum absolute atomic E-state index is 3.62. The molecule has 1 aromatic carbocycles. The molecule has 0 spiro atoms. The molecule has 0 atom stereocenters. The van der Waals surface area contributed by atoms with Crippen molar-refractivity contribution in [3.05, 3.63) is 52.1 Å². The Labute approximate surface area is 80.8 Å². The SMILES string of the molecule is C=C/C=C\c1ccccc1I. The first-order chi connectivity index (χ1) is 5.34. The van der Waals surface area contributed by atoms with Crippen LogP contribution in [0.2, 0.25) is 0 Å². The van der Waals surface area contributed by atoms with Gasteiger partial charge in [-0.25, -0.2) is 0 Å². The molecule has 1 rings (SSSR count). The Morgan fingerprint density at radius 1 is 1.27 bits per heavy atom. The smallest absolute Gasteiger partial charge is 0.0202 e. The van der Waals surface area contributed by atoms with Gasteiger partial charge in [-0.15, -0.1) is 0 Å². The average Bonchev–Trinajstić information content (AvgIpc) is 2.03. The minimum Gasteiger partial charge on any atom is -0.0991 e. The van der Waals surface area contributed by atoms with Crippen LogP contribution in [0.5, 0.6) is 0 Å². The summed E-state index contributed by atoms with van der Waals surface area (Å²) >= 11 is 2.31. The summed E-state index contributed by atoms with van der Waals surface area (Å²) in [6.07, 6.45) is 5.77. The van der Waals surface area contributed by atoms with Crippen molar-refractivity contribution in [3.8, 4) is 0 Å². The van der Waals surface area contributed by atoms with Crippen LogP contribution in [0.1, 0.15) is 5.56 Å². The summed E-state index contributed by atoms with van der Waals surface area (Å²) in [6, 6.07) is 8.24. The highest BCUT2D eigenvalue weighted by atomic mass is 127. The normalized spacial score (nSPS) is 10.3. The van der Waals surface area contributed by atoms with Crippen molar-refractivity contribution >= 4 is 28.7 Å². The molecule has 1 heteroatoms. The molecule has 0 saturated heterocycles. The van der Waals surface area contributed by atoms with E-state index in [4.69, 9.17) is 0 Å². The second-order valence-corrected chi connectivity index (χ2v) is 3.28. The van der Waals surface area contributed by atoms with Crippen LogP contribution in [0.15, 0.2) is 43.0 Å². The molecule has 0 fully saturated rings. The van der Waals surface area contributed by atoms with Gasteiger partial charge in [0.2, 0.25) is 0 Å². The van der Waals surface area contributed by atoms with Crippen LogP contribution >= 0.6 is 22.6 Å². The van der Waals surface area contributed by atoms with E-state index in [-0.39, 0.29) is 0 Å². The zero-order valence-corrected chi connectivity index (χ0v) is 8.28. The number of rotatable bonds is 2. The number of halogens is 1. The molecule has 0 radical (unpaired) electrons. The van der Waals surface area contributed by atoms with Crippen LogP contribution in [0.4, 0.5) is 0 Å². The predicted octanol–water partition coefficient (Wildman–Crippen LogP) is 3.49. The zero-order chi connectivity index (χ0) is 8.10. The first-order valence-electron chi connectivity index (χ1n) is 3.38. The summed E-state index contributed by atoms with van der Waals surface area (Å²) in [5.74, 6) is 0. The lowest BCUT2D eigenvalue weighted by Gasteiger charge is -1.94. The van der Waals surface area contributed by atoms with Crippen molar-refractivity contribution in [2.24, 2.45) is 0 Å². The Morgan fingerprint density at radius 2 is 2.00 bits per heavy atom. The van der Waals surface area contributed by atoms with Crippen LogP contribution in [-0.4, -0.2) is 0 Å². The van der Waals surface area contributed by atoms with Gasteiger partial charge in [0.25, 0.3) is 0 Å². The van der Waals surface area contributed by atoms with E-state index in [1.165, 1.54) is 9.13 Å². The third-order valence-electron chi connectivity index (χ3n) is 1.32. The summed E-state index contributed by atoms with van der Waals surface area (Å²) in [6.45, 7) is 3.62. The van der Waals surface area contributed by atoms with Crippen LogP contribution in [0.25, 0.3) is 6.08 Å². The molecule has 0 bridgehead atoms. The Morgan fingerprint density at radius 3 is 2.64 bits per heavy atom. The number of allylic oxidation sites excluding steroid dienone is 2. The fourth-order valence-corrected chi connectivity index (χ4v) is 1.35. The molecule has 0 heterocycles. The molecular weight excluding hydrogens is 247 g/mol. The van der Waals surface area contributed by atoms with E-state index in [0.29, 0.717) is 0 Å². The van der Waals surface area contributed by atoms with Gasteiger partial charge < -0.3 is 0 Å². The van der Waals surface area contributed by atoms with Crippen molar-refractivity contribution in [1.29, 1.82) is 0 Å². The number of hydrogen-bond acceptors (Lipinski definition) is 0. The minimum atomic E-state index is 1.24. The Hall–Kier alpha value is -0.570. The van der Waals surface area contributed by atoms with Crippen molar-refractivity contribution in [3.63, 3.8) is 0 Å². The van der Waals surface area contributed by atoms with E-state index < -0.39 is 0 Å². The Kier molecular flexibility index (Phi) is 3.36. The van der Waals surface area contributed by atoms with E-state index in [2.05, 4.69) is 47.4 Å². The topological polar surface area (TPSA) is 0 Å². The quantitative estimate of drug-likeness (QED) is 0.561. The largest absolute Gasteiger partial charge is 0.0991 e. The maximum Gasteiger partial charge on any atom is 0.0202 e. The maximum atomic E-state index is 3.62. The van der Waals surface area contributed by atoms with E-state index in [9.17, 15) is 0 Å². The molecule has 0 aromatic heterocycles. The van der Waals surface area contributed by atoms with E-state index >= 15 is 0 Å². The lowest BCUT2D eigenvalue weighted by atomic mass is 10.2. The molecule has 0 aliphatic rings. The summed E-state index contributed by atoms with van der Waals surface area (Å²) in [5.41, 5.74) is 1.24. The van der Waals surface area contributed by atoms with Gasteiger partial charge in [-0.3, -0.25) is 0 Å². The van der Waals surface area contributed by atoms with Gasteiger partial charge in [0.15, 0.2) is 0 Å². The second kappa shape index (κ2) is 4.34. The van der Waals surface area contributed by atoms with Gasteiger partial charge in [-0.05, 0) is 34.2 Å². The highest BCUT2D eigenvalue weighted by Crippen LogP contribution is 2.12. The molecule has 11 heavy (non-hydrogen) atoms. The lowest BCUT2D eigenvalue weighted by Crippen LogP contribution is -1.75. The minimum absolute atomic E-state index is 1.24. The van der Waals surface area contributed by atoms with Crippen LogP contribution in [0, 0.1) is 3.57 Å². The van der Waals surface area contributed by atoms with Crippen molar-refractivity contribution in [2.45, 2.75) is 0 Å². The van der Waals surface area contributed by atoms with Crippen LogP contribution in [-0.2, 0) is 0 Å². The molecule has 0 N–H and O–H groups in total.